The molecule has 0 aliphatic rings. The smallest absolute Gasteiger partial charge is 0.262 e. The van der Waals surface area contributed by atoms with Crippen LogP contribution in [0.5, 0.6) is 11.5 Å². The summed E-state index contributed by atoms with van der Waals surface area (Å²) in [5.41, 5.74) is 2.29. The molecule has 27 heavy (non-hydrogen) atoms. The predicted octanol–water partition coefficient (Wildman–Crippen LogP) is 5.00. The van der Waals surface area contributed by atoms with E-state index < -0.39 is 0 Å². The van der Waals surface area contributed by atoms with Gasteiger partial charge in [0.05, 0.1) is 12.3 Å². The first-order chi connectivity index (χ1) is 13.1. The van der Waals surface area contributed by atoms with Crippen molar-refractivity contribution in [3.63, 3.8) is 0 Å². The summed E-state index contributed by atoms with van der Waals surface area (Å²) in [7, 11) is 0. The molecule has 0 unspecified atom stereocenters. The fourth-order valence-electron chi connectivity index (χ4n) is 2.63. The standard InChI is InChI=1S/C21H21ClN2O3/c1-3-11-26-19-9-8-18(16-5-4-10-23-21(16)19)24-20(25)13-27-15-6-7-17(22)14(2)12-15/h4-10,12H,3,11,13H2,1-2H3,(H,24,25). The van der Waals surface area contributed by atoms with Crippen molar-refractivity contribution in [2.45, 2.75) is 20.3 Å². The molecule has 0 saturated heterocycles. The summed E-state index contributed by atoms with van der Waals surface area (Å²) in [6.07, 6.45) is 2.62. The minimum absolute atomic E-state index is 0.100. The molecular weight excluding hydrogens is 364 g/mol. The number of rotatable bonds is 7. The largest absolute Gasteiger partial charge is 0.491 e. The highest BCUT2D eigenvalue weighted by atomic mass is 35.5. The average molecular weight is 385 g/mol. The maximum atomic E-state index is 12.3. The van der Waals surface area contributed by atoms with Crippen molar-refractivity contribution in [1.82, 2.24) is 4.98 Å². The topological polar surface area (TPSA) is 60.5 Å². The van der Waals surface area contributed by atoms with Gasteiger partial charge in [0, 0.05) is 16.6 Å². The second-order valence-electron chi connectivity index (χ2n) is 6.11. The fraction of sp³-hybridized carbons (Fsp3) is 0.238. The molecule has 0 atom stereocenters. The van der Waals surface area contributed by atoms with Gasteiger partial charge in [-0.2, -0.15) is 0 Å². The molecule has 2 aromatic carbocycles. The lowest BCUT2D eigenvalue weighted by molar-refractivity contribution is -0.118. The summed E-state index contributed by atoms with van der Waals surface area (Å²) in [5, 5.41) is 4.36. The Morgan fingerprint density at radius 1 is 1.19 bits per heavy atom. The molecule has 0 aliphatic heterocycles. The monoisotopic (exact) mass is 384 g/mol. The van der Waals surface area contributed by atoms with E-state index >= 15 is 0 Å². The number of nitrogens with one attached hydrogen (secondary N) is 1. The van der Waals surface area contributed by atoms with Gasteiger partial charge in [-0.15, -0.1) is 0 Å². The van der Waals surface area contributed by atoms with Gasteiger partial charge in [0.2, 0.25) is 0 Å². The van der Waals surface area contributed by atoms with Crippen LogP contribution >= 0.6 is 11.6 Å². The number of hydrogen-bond donors (Lipinski definition) is 1. The number of halogens is 1. The van der Waals surface area contributed by atoms with Crippen LogP contribution in [-0.4, -0.2) is 24.1 Å². The molecule has 0 spiro atoms. The number of amides is 1. The molecule has 0 radical (unpaired) electrons. The third-order valence-corrected chi connectivity index (χ3v) is 4.39. The van der Waals surface area contributed by atoms with Crippen molar-refractivity contribution in [3.05, 3.63) is 59.2 Å². The lowest BCUT2D eigenvalue weighted by Gasteiger charge is -2.13. The van der Waals surface area contributed by atoms with Crippen LogP contribution in [0.1, 0.15) is 18.9 Å². The third-order valence-electron chi connectivity index (χ3n) is 3.97. The number of aromatic nitrogens is 1. The van der Waals surface area contributed by atoms with E-state index in [4.69, 9.17) is 21.1 Å². The van der Waals surface area contributed by atoms with Gasteiger partial charge in [-0.1, -0.05) is 18.5 Å². The fourth-order valence-corrected chi connectivity index (χ4v) is 2.74. The van der Waals surface area contributed by atoms with E-state index in [-0.39, 0.29) is 12.5 Å². The van der Waals surface area contributed by atoms with Crippen LogP contribution in [-0.2, 0) is 4.79 Å². The van der Waals surface area contributed by atoms with Gasteiger partial charge in [0.15, 0.2) is 6.61 Å². The van der Waals surface area contributed by atoms with Crippen LogP contribution in [0.4, 0.5) is 5.69 Å². The number of anilines is 1. The molecule has 3 rings (SSSR count). The van der Waals surface area contributed by atoms with Gasteiger partial charge >= 0.3 is 0 Å². The average Bonchev–Trinajstić information content (AvgIpc) is 2.68. The van der Waals surface area contributed by atoms with Gasteiger partial charge < -0.3 is 14.8 Å². The molecule has 0 aliphatic carbocycles. The summed E-state index contributed by atoms with van der Waals surface area (Å²) in [6, 6.07) is 12.7. The Balaban J connectivity index is 1.72. The summed E-state index contributed by atoms with van der Waals surface area (Å²) >= 11 is 6.00. The summed E-state index contributed by atoms with van der Waals surface area (Å²) in [4.78, 5) is 16.7. The molecule has 1 amide bonds. The Bertz CT molecular complexity index is 959. The predicted molar refractivity (Wildman–Crippen MR) is 108 cm³/mol. The van der Waals surface area contributed by atoms with Crippen molar-refractivity contribution in [1.29, 1.82) is 0 Å². The highest BCUT2D eigenvalue weighted by Gasteiger charge is 2.11. The van der Waals surface area contributed by atoms with Crippen LogP contribution in [0.25, 0.3) is 10.9 Å². The molecule has 1 N–H and O–H groups in total. The Morgan fingerprint density at radius 2 is 2.04 bits per heavy atom. The number of pyridine rings is 1. The van der Waals surface area contributed by atoms with Crippen LogP contribution in [0.2, 0.25) is 5.02 Å². The minimum atomic E-state index is -0.255. The number of ether oxygens (including phenoxy) is 2. The molecule has 1 heterocycles. The number of carbonyl (C=O) groups excluding carboxylic acids is 1. The Hall–Kier alpha value is -2.79. The van der Waals surface area contributed by atoms with E-state index in [9.17, 15) is 4.79 Å². The highest BCUT2D eigenvalue weighted by Crippen LogP contribution is 2.30. The van der Waals surface area contributed by atoms with Crippen molar-refractivity contribution >= 4 is 34.1 Å². The van der Waals surface area contributed by atoms with Gasteiger partial charge in [0.25, 0.3) is 5.91 Å². The number of fused-ring (bicyclic) bond motifs is 1. The van der Waals surface area contributed by atoms with E-state index in [0.29, 0.717) is 28.8 Å². The quantitative estimate of drug-likeness (QED) is 0.622. The van der Waals surface area contributed by atoms with Crippen LogP contribution in [0.15, 0.2) is 48.7 Å². The number of benzene rings is 2. The molecule has 0 bridgehead atoms. The van der Waals surface area contributed by atoms with Crippen molar-refractivity contribution in [2.75, 3.05) is 18.5 Å². The van der Waals surface area contributed by atoms with Crippen molar-refractivity contribution < 1.29 is 14.3 Å². The van der Waals surface area contributed by atoms with E-state index in [1.807, 2.05) is 38.1 Å². The first kappa shape index (κ1) is 19.0. The number of aryl methyl sites for hydroxylation is 1. The first-order valence-corrected chi connectivity index (χ1v) is 9.15. The second-order valence-corrected chi connectivity index (χ2v) is 6.51. The summed E-state index contributed by atoms with van der Waals surface area (Å²) in [6.45, 7) is 4.45. The number of carbonyl (C=O) groups is 1. The van der Waals surface area contributed by atoms with Gasteiger partial charge in [0.1, 0.15) is 17.0 Å². The lowest BCUT2D eigenvalue weighted by atomic mass is 10.1. The molecular formula is C21H21ClN2O3. The van der Waals surface area contributed by atoms with Gasteiger partial charge in [-0.25, -0.2) is 0 Å². The van der Waals surface area contributed by atoms with Crippen molar-refractivity contribution in [3.8, 4) is 11.5 Å². The Morgan fingerprint density at radius 3 is 2.81 bits per heavy atom. The Labute approximate surface area is 163 Å². The van der Waals surface area contributed by atoms with E-state index in [0.717, 1.165) is 22.9 Å². The molecule has 6 heteroatoms. The van der Waals surface area contributed by atoms with E-state index in [1.165, 1.54) is 0 Å². The maximum Gasteiger partial charge on any atom is 0.262 e. The van der Waals surface area contributed by atoms with Crippen LogP contribution < -0.4 is 14.8 Å². The number of nitrogens with zero attached hydrogens (tertiary/aromatic N) is 1. The normalized spacial score (nSPS) is 10.6. The molecule has 3 aromatic rings. The summed E-state index contributed by atoms with van der Waals surface area (Å²) < 4.78 is 11.3. The van der Waals surface area contributed by atoms with E-state index in [1.54, 1.807) is 24.4 Å². The zero-order chi connectivity index (χ0) is 19.2. The zero-order valence-electron chi connectivity index (χ0n) is 15.3. The Kier molecular flexibility index (Phi) is 6.14. The van der Waals surface area contributed by atoms with Crippen LogP contribution in [0, 0.1) is 6.92 Å². The van der Waals surface area contributed by atoms with Crippen LogP contribution in [0.3, 0.4) is 0 Å². The third kappa shape index (κ3) is 4.68. The van der Waals surface area contributed by atoms with E-state index in [2.05, 4.69) is 10.3 Å². The highest BCUT2D eigenvalue weighted by molar-refractivity contribution is 6.31. The SMILES string of the molecule is CCCOc1ccc(NC(=O)COc2ccc(Cl)c(C)c2)c2cccnc12. The minimum Gasteiger partial charge on any atom is -0.491 e. The molecule has 0 fully saturated rings. The van der Waals surface area contributed by atoms with Gasteiger partial charge in [-0.3, -0.25) is 9.78 Å². The molecule has 140 valence electrons. The van der Waals surface area contributed by atoms with Crippen molar-refractivity contribution in [2.24, 2.45) is 0 Å². The molecule has 0 saturated carbocycles. The maximum absolute atomic E-state index is 12.3. The lowest BCUT2D eigenvalue weighted by Crippen LogP contribution is -2.20. The summed E-state index contributed by atoms with van der Waals surface area (Å²) in [5.74, 6) is 1.05. The molecule has 5 nitrogen and oxygen atoms in total. The first-order valence-electron chi connectivity index (χ1n) is 8.78. The van der Waals surface area contributed by atoms with Gasteiger partial charge in [-0.05, 0) is 61.4 Å². The molecule has 1 aromatic heterocycles. The second kappa shape index (κ2) is 8.73. The number of hydrogen-bond acceptors (Lipinski definition) is 4. The zero-order valence-corrected chi connectivity index (χ0v) is 16.0.